The molecule has 2 heterocycles. The second kappa shape index (κ2) is 14.1. The van der Waals surface area contributed by atoms with Gasteiger partial charge in [-0.3, -0.25) is 14.5 Å². The molecule has 1 unspecified atom stereocenters. The van der Waals surface area contributed by atoms with E-state index < -0.39 is 11.9 Å². The molecule has 222 valence electrons. The summed E-state index contributed by atoms with van der Waals surface area (Å²) in [4.78, 5) is 40.8. The lowest BCUT2D eigenvalue weighted by atomic mass is 9.89. The second-order valence-electron chi connectivity index (χ2n) is 11.3. The van der Waals surface area contributed by atoms with Crippen LogP contribution in [0.4, 0.5) is 0 Å². The highest BCUT2D eigenvalue weighted by molar-refractivity contribution is 5.96. The van der Waals surface area contributed by atoms with Gasteiger partial charge in [0.15, 0.2) is 5.69 Å². The zero-order valence-corrected chi connectivity index (χ0v) is 23.5. The van der Waals surface area contributed by atoms with Crippen molar-refractivity contribution in [3.8, 4) is 0 Å². The van der Waals surface area contributed by atoms with Crippen molar-refractivity contribution in [3.05, 3.63) is 53.3 Å². The van der Waals surface area contributed by atoms with Crippen molar-refractivity contribution in [2.45, 2.75) is 88.7 Å². The van der Waals surface area contributed by atoms with Crippen molar-refractivity contribution in [1.29, 1.82) is 0 Å². The summed E-state index contributed by atoms with van der Waals surface area (Å²) in [5.74, 6) is -1.99. The van der Waals surface area contributed by atoms with E-state index in [1.54, 1.807) is 0 Å². The van der Waals surface area contributed by atoms with E-state index in [9.17, 15) is 19.5 Å². The summed E-state index contributed by atoms with van der Waals surface area (Å²) in [6, 6.07) is 11.1. The maximum atomic E-state index is 13.4. The van der Waals surface area contributed by atoms with Crippen LogP contribution in [0.2, 0.25) is 0 Å². The van der Waals surface area contributed by atoms with Crippen LogP contribution in [0.3, 0.4) is 0 Å². The first-order valence-corrected chi connectivity index (χ1v) is 14.9. The first kappa shape index (κ1) is 29.2. The molecule has 4 atom stereocenters. The third-order valence-electron chi connectivity index (χ3n) is 8.44. The molecule has 2 aliphatic carbocycles. The number of nitrogens with zero attached hydrogens (tertiary/aromatic N) is 3. The van der Waals surface area contributed by atoms with Crippen LogP contribution in [0.25, 0.3) is 0 Å². The summed E-state index contributed by atoms with van der Waals surface area (Å²) >= 11 is 0. The molecule has 1 aromatic carbocycles. The van der Waals surface area contributed by atoms with E-state index in [4.69, 9.17) is 9.47 Å². The van der Waals surface area contributed by atoms with Crippen LogP contribution in [0.5, 0.6) is 0 Å². The smallest absolute Gasteiger partial charge is 0.356 e. The highest BCUT2D eigenvalue weighted by Crippen LogP contribution is 2.25. The molecular weight excluding hydrogens is 526 g/mol. The molecule has 3 aliphatic rings. The SMILES string of the molecule is O=C(Cn1nc(C(=O)O)cc1C(=O)N[C@H]1CCCC[C@@H]1OCc1ccccc1)NC1CCCC[C@@H]1N1CCOCC1. The lowest BCUT2D eigenvalue weighted by Crippen LogP contribution is -2.56. The number of benzene rings is 1. The number of carbonyl (C=O) groups is 3. The summed E-state index contributed by atoms with van der Waals surface area (Å²) < 4.78 is 12.9. The number of ether oxygens (including phenoxy) is 2. The Bertz CT molecular complexity index is 1180. The Morgan fingerprint density at radius 2 is 1.66 bits per heavy atom. The summed E-state index contributed by atoms with van der Waals surface area (Å²) in [5, 5.41) is 19.9. The fourth-order valence-electron chi connectivity index (χ4n) is 6.32. The molecule has 5 rings (SSSR count). The number of hydrogen-bond donors (Lipinski definition) is 3. The molecule has 1 aromatic heterocycles. The topological polar surface area (TPSA) is 135 Å². The van der Waals surface area contributed by atoms with E-state index >= 15 is 0 Å². The number of carbonyl (C=O) groups excluding carboxylic acids is 2. The minimum Gasteiger partial charge on any atom is -0.476 e. The molecule has 3 fully saturated rings. The number of aromatic carboxylic acids is 1. The van der Waals surface area contributed by atoms with Crippen molar-refractivity contribution in [3.63, 3.8) is 0 Å². The van der Waals surface area contributed by atoms with Gasteiger partial charge in [-0.15, -0.1) is 0 Å². The Balaban J connectivity index is 1.24. The van der Waals surface area contributed by atoms with Gasteiger partial charge in [-0.2, -0.15) is 5.10 Å². The number of aromatic nitrogens is 2. The average molecular weight is 568 g/mol. The number of nitrogens with one attached hydrogen (secondary N) is 2. The van der Waals surface area contributed by atoms with E-state index in [2.05, 4.69) is 20.6 Å². The van der Waals surface area contributed by atoms with Crippen molar-refractivity contribution >= 4 is 17.8 Å². The van der Waals surface area contributed by atoms with E-state index in [1.165, 1.54) is 10.7 Å². The third kappa shape index (κ3) is 7.72. The zero-order valence-electron chi connectivity index (χ0n) is 23.5. The van der Waals surface area contributed by atoms with Gasteiger partial charge < -0.3 is 25.2 Å². The molecule has 1 aliphatic heterocycles. The summed E-state index contributed by atoms with van der Waals surface area (Å²) in [5.41, 5.74) is 0.845. The number of morpholine rings is 1. The van der Waals surface area contributed by atoms with Gasteiger partial charge in [0.2, 0.25) is 5.91 Å². The van der Waals surface area contributed by atoms with Gasteiger partial charge in [-0.1, -0.05) is 56.0 Å². The van der Waals surface area contributed by atoms with Gasteiger partial charge in [0.25, 0.3) is 5.91 Å². The summed E-state index contributed by atoms with van der Waals surface area (Å²) in [7, 11) is 0. The average Bonchev–Trinajstić information content (AvgIpc) is 3.42. The molecule has 11 nitrogen and oxygen atoms in total. The highest BCUT2D eigenvalue weighted by atomic mass is 16.5. The molecule has 3 N–H and O–H groups in total. The Kier molecular flexibility index (Phi) is 10.0. The quantitative estimate of drug-likeness (QED) is 0.399. The van der Waals surface area contributed by atoms with Crippen molar-refractivity contribution in [1.82, 2.24) is 25.3 Å². The molecule has 0 radical (unpaired) electrons. The second-order valence-corrected chi connectivity index (χ2v) is 11.3. The van der Waals surface area contributed by atoms with E-state index in [1.807, 2.05) is 30.3 Å². The highest BCUT2D eigenvalue weighted by Gasteiger charge is 2.33. The van der Waals surface area contributed by atoms with Gasteiger partial charge in [-0.25, -0.2) is 9.48 Å². The largest absolute Gasteiger partial charge is 0.476 e. The number of rotatable bonds is 10. The van der Waals surface area contributed by atoms with Crippen LogP contribution in [0.15, 0.2) is 36.4 Å². The molecule has 0 bridgehead atoms. The minimum atomic E-state index is -1.25. The summed E-state index contributed by atoms with van der Waals surface area (Å²) in [6.45, 7) is 3.30. The van der Waals surface area contributed by atoms with Gasteiger partial charge in [-0.05, 0) is 31.2 Å². The molecule has 2 aromatic rings. The van der Waals surface area contributed by atoms with Crippen LogP contribution in [0, 0.1) is 0 Å². The first-order valence-electron chi connectivity index (χ1n) is 14.9. The van der Waals surface area contributed by atoms with Crippen LogP contribution in [-0.2, 0) is 27.4 Å². The van der Waals surface area contributed by atoms with E-state index in [0.717, 1.165) is 70.0 Å². The van der Waals surface area contributed by atoms with Crippen LogP contribution in [0.1, 0.15) is 77.9 Å². The van der Waals surface area contributed by atoms with Crippen LogP contribution < -0.4 is 10.6 Å². The Labute approximate surface area is 240 Å². The predicted octanol–water partition coefficient (Wildman–Crippen LogP) is 2.60. The van der Waals surface area contributed by atoms with Crippen molar-refractivity contribution in [2.24, 2.45) is 0 Å². The fourth-order valence-corrected chi connectivity index (χ4v) is 6.32. The van der Waals surface area contributed by atoms with Crippen molar-refractivity contribution in [2.75, 3.05) is 26.3 Å². The normalized spacial score (nSPS) is 25.4. The number of hydrogen-bond acceptors (Lipinski definition) is 7. The van der Waals surface area contributed by atoms with Crippen molar-refractivity contribution < 1.29 is 29.0 Å². The lowest BCUT2D eigenvalue weighted by molar-refractivity contribution is -0.123. The zero-order chi connectivity index (χ0) is 28.6. The third-order valence-corrected chi connectivity index (χ3v) is 8.44. The number of carboxylic acid groups (broad SMARTS) is 1. The van der Waals surface area contributed by atoms with Gasteiger partial charge >= 0.3 is 5.97 Å². The maximum Gasteiger partial charge on any atom is 0.356 e. The molecule has 2 saturated carbocycles. The Morgan fingerprint density at radius 3 is 2.41 bits per heavy atom. The number of amides is 2. The molecule has 11 heteroatoms. The van der Waals surface area contributed by atoms with E-state index in [-0.39, 0.29) is 48.1 Å². The van der Waals surface area contributed by atoms with Crippen LogP contribution >= 0.6 is 0 Å². The van der Waals surface area contributed by atoms with Gasteiger partial charge in [0.05, 0.1) is 32.0 Å². The molecule has 1 saturated heterocycles. The van der Waals surface area contributed by atoms with Gasteiger partial charge in [0, 0.05) is 31.2 Å². The maximum absolute atomic E-state index is 13.4. The van der Waals surface area contributed by atoms with E-state index in [0.29, 0.717) is 19.8 Å². The standard InChI is InChI=1S/C30H41N5O6/c36-28(31-22-10-4-6-12-25(22)34-14-16-40-17-15-34)19-35-26(18-24(33-35)30(38)39)29(37)32-23-11-5-7-13-27(23)41-20-21-8-2-1-3-9-21/h1-3,8-9,18,22-23,25,27H,4-7,10-17,19-20H2,(H,31,36)(H,32,37)(H,38,39)/t22?,23-,25-,27-/m0/s1. The lowest BCUT2D eigenvalue weighted by Gasteiger charge is -2.41. The summed E-state index contributed by atoms with van der Waals surface area (Å²) in [6.07, 6.45) is 7.46. The molecular formula is C30H41N5O6. The van der Waals surface area contributed by atoms with Crippen LogP contribution in [-0.4, -0.2) is 88.1 Å². The Morgan fingerprint density at radius 1 is 0.951 bits per heavy atom. The first-order chi connectivity index (χ1) is 20.0. The monoisotopic (exact) mass is 567 g/mol. The molecule has 0 spiro atoms. The Hall–Kier alpha value is -3.28. The predicted molar refractivity (Wildman–Crippen MR) is 151 cm³/mol. The van der Waals surface area contributed by atoms with Gasteiger partial charge in [0.1, 0.15) is 12.2 Å². The molecule has 2 amide bonds. The minimum absolute atomic E-state index is 0.00843. The molecule has 41 heavy (non-hydrogen) atoms. The number of carboxylic acids is 1. The fraction of sp³-hybridized carbons (Fsp3) is 0.600.